The molecule has 2 aromatic heterocycles. The number of unbranched alkanes of at least 4 members (excludes halogenated alkanes) is 2. The number of halogens is 2. The van der Waals surface area contributed by atoms with Gasteiger partial charge in [0.05, 0.1) is 111 Å². The number of hydroxylamine groups is 2. The van der Waals surface area contributed by atoms with Crippen LogP contribution in [0.3, 0.4) is 0 Å². The highest BCUT2D eigenvalue weighted by Gasteiger charge is 2.55. The number of rotatable bonds is 44. The minimum absolute atomic E-state index is 0.00145. The van der Waals surface area contributed by atoms with Gasteiger partial charge in [-0.05, 0) is 138 Å². The summed E-state index contributed by atoms with van der Waals surface area (Å²) in [5.74, 6) is -2.49. The summed E-state index contributed by atoms with van der Waals surface area (Å²) in [6, 6.07) is 12.5. The van der Waals surface area contributed by atoms with Gasteiger partial charge < -0.3 is 71.7 Å². The van der Waals surface area contributed by atoms with Gasteiger partial charge in [0.25, 0.3) is 27.6 Å². The maximum Gasteiger partial charge on any atom is 0.737 e. The van der Waals surface area contributed by atoms with Crippen molar-refractivity contribution in [1.82, 2.24) is 30.5 Å². The molecule has 0 spiro atoms. The van der Waals surface area contributed by atoms with Crippen molar-refractivity contribution < 1.29 is 112 Å². The van der Waals surface area contributed by atoms with E-state index < -0.39 is 93.9 Å². The summed E-state index contributed by atoms with van der Waals surface area (Å²) in [7, 11) is 9.89. The maximum atomic E-state index is 17.6. The molecule has 8 N–H and O–H groups in total. The predicted molar refractivity (Wildman–Crippen MR) is 384 cm³/mol. The molecule has 0 bridgehead atoms. The number of nitro groups is 1. The van der Waals surface area contributed by atoms with Gasteiger partial charge in [0.1, 0.15) is 48.5 Å². The number of aromatic nitrogens is 2. The number of nitrogens with one attached hydrogen (secondary N) is 5. The summed E-state index contributed by atoms with van der Waals surface area (Å²) in [6.45, 7) is 0.684. The first-order chi connectivity index (χ1) is 49.1. The molecule has 4 unspecified atom stereocenters. The number of hydrogen-bond acceptors (Lipinski definition) is 19. The van der Waals surface area contributed by atoms with E-state index in [0.29, 0.717) is 94.5 Å². The van der Waals surface area contributed by atoms with E-state index in [9.17, 15) is 57.0 Å². The van der Waals surface area contributed by atoms with Gasteiger partial charge in [-0.25, -0.2) is 10.1 Å². The highest BCUT2D eigenvalue weighted by molar-refractivity contribution is 7.94. The van der Waals surface area contributed by atoms with E-state index in [2.05, 4.69) is 72.6 Å². The molecular formula is C69H99BF2N11O19S2+3. The molecule has 1 saturated heterocycles. The van der Waals surface area contributed by atoms with Crippen molar-refractivity contribution in [1.29, 1.82) is 0 Å². The monoisotopic (exact) mass is 1500 g/mol. The number of likely N-dealkylation sites (N-methyl/N-ethyl adjacent to an activating group) is 1. The number of quaternary nitrogens is 3. The van der Waals surface area contributed by atoms with Crippen LogP contribution in [0.1, 0.15) is 142 Å². The van der Waals surface area contributed by atoms with Crippen molar-refractivity contribution in [3.8, 4) is 11.5 Å². The Labute approximate surface area is 608 Å². The molecule has 104 heavy (non-hydrogen) atoms. The molecule has 3 aliphatic heterocycles. The van der Waals surface area contributed by atoms with Crippen molar-refractivity contribution in [2.24, 2.45) is 0 Å². The number of aliphatic hydroxyl groups excluding tert-OH is 1. The van der Waals surface area contributed by atoms with E-state index in [-0.39, 0.29) is 103 Å². The number of nitro benzene ring substituents is 1. The summed E-state index contributed by atoms with van der Waals surface area (Å²) in [4.78, 5) is 98.6. The Kier molecular flexibility index (Phi) is 30.3. The van der Waals surface area contributed by atoms with Crippen molar-refractivity contribution >= 4 is 94.4 Å². The van der Waals surface area contributed by atoms with Crippen LogP contribution in [0.25, 0.3) is 18.2 Å². The van der Waals surface area contributed by atoms with Crippen LogP contribution in [0.15, 0.2) is 71.9 Å². The number of fused-ring (bicyclic) bond motifs is 2. The van der Waals surface area contributed by atoms with Crippen LogP contribution in [0, 0.1) is 17.0 Å². The van der Waals surface area contributed by atoms with Gasteiger partial charge in [-0.2, -0.15) is 8.42 Å². The fraction of sp³-hybridized carbons (Fsp3) is 0.522. The third kappa shape index (κ3) is 24.9. The lowest BCUT2D eigenvalue weighted by molar-refractivity contribution is -0.878. The van der Waals surface area contributed by atoms with E-state index in [1.807, 2.05) is 14.0 Å². The van der Waals surface area contributed by atoms with Gasteiger partial charge in [0.2, 0.25) is 17.7 Å². The molecular weight excluding hydrogens is 1400 g/mol. The Morgan fingerprint density at radius 1 is 0.846 bits per heavy atom. The number of carbonyl (C=O) groups is 6. The van der Waals surface area contributed by atoms with E-state index in [1.165, 1.54) is 13.0 Å². The molecule has 570 valence electrons. The largest absolute Gasteiger partial charge is 0.737 e. The Hall–Kier alpha value is -8.39. The molecule has 2 aromatic carbocycles. The molecule has 0 radical (unpaired) electrons. The smallest absolute Gasteiger partial charge is 0.494 e. The highest BCUT2D eigenvalue weighted by atomic mass is 32.2. The number of aryl methyl sites for hydroxylation is 2. The number of hydrogen-bond donors (Lipinski definition) is 8. The first-order valence-corrected chi connectivity index (χ1v) is 37.2. The number of allylic oxidation sites excluding steroid dienone is 2. The van der Waals surface area contributed by atoms with Gasteiger partial charge in [0.15, 0.2) is 11.4 Å². The number of benzene rings is 2. The molecule has 35 heteroatoms. The molecule has 4 atom stereocenters. The van der Waals surface area contributed by atoms with Crippen molar-refractivity contribution in [2.45, 2.75) is 129 Å². The van der Waals surface area contributed by atoms with Crippen molar-refractivity contribution in [3.63, 3.8) is 0 Å². The number of aliphatic hydroxyl groups is 1. The number of nitrogens with zero attached hydrogens (tertiary/aromatic N) is 6. The predicted octanol–water partition coefficient (Wildman–Crippen LogP) is 6.25. The van der Waals surface area contributed by atoms with Crippen LogP contribution < -0.4 is 30.3 Å². The number of ether oxygens (including phenoxy) is 3. The second-order valence-corrected chi connectivity index (χ2v) is 30.5. The zero-order valence-electron chi connectivity index (χ0n) is 60.4. The summed E-state index contributed by atoms with van der Waals surface area (Å²) in [5, 5.41) is 43.8. The zero-order valence-corrected chi connectivity index (χ0v) is 62.0. The first-order valence-electron chi connectivity index (χ1n) is 34.7. The molecule has 7 rings (SSSR count). The number of H-pyrrole nitrogens is 1. The van der Waals surface area contributed by atoms with Gasteiger partial charge in [-0.15, -0.1) is 4.33 Å². The lowest BCUT2D eigenvalue weighted by Gasteiger charge is -2.31. The lowest BCUT2D eigenvalue weighted by Crippen LogP contribution is -3.10. The number of imide groups is 1. The molecule has 5 amide bonds. The quantitative estimate of drug-likeness (QED) is 0.00231. The van der Waals surface area contributed by atoms with Crippen molar-refractivity contribution in [3.05, 3.63) is 127 Å². The lowest BCUT2D eigenvalue weighted by atomic mass is 9.88. The standard InChI is InChI=1S/C69H96BF2N11O19S2/c1-47-22-29-56(74-47)62-43-51(17-15-39-103-102-101-93)60-44-59-50(18-16-40-104(94,95)96)41-53(78(59)70(71,72)79(60)62)26-23-49-24-27-54(28-25-49)97-37-14-21-64(85)75-58(20-11-13-36-83(7,8)9)68(89)76-57(19-10-12-35-82(4,5)6)67(88)73-32-33-77(3)34-38-98-63-45-61(81(91)92)55(42-52(63)46-84)48(2)99-69(90)100-80-65(86)30-31-66(80)87/h22-29,41-45,48,57-58,74,84H,10-21,30-40,46H2,1-9H3,(H3-2,73,75,76,85,88,89,93,94,95,96)/p+3/b26-23+. The molecule has 0 aliphatic carbocycles. The zero-order chi connectivity index (χ0) is 76.1. The third-order valence-corrected chi connectivity index (χ3v) is 19.0. The van der Waals surface area contributed by atoms with Gasteiger partial charge in [-0.3, -0.25) is 43.5 Å². The van der Waals surface area contributed by atoms with E-state index in [4.69, 9.17) is 24.3 Å². The molecule has 4 aromatic rings. The van der Waals surface area contributed by atoms with Crippen LogP contribution in [0.4, 0.5) is 19.1 Å². The fourth-order valence-corrected chi connectivity index (χ4v) is 13.1. The number of amides is 5. The normalized spacial score (nSPS) is 15.6. The Morgan fingerprint density at radius 2 is 1.52 bits per heavy atom. The minimum Gasteiger partial charge on any atom is -0.494 e. The summed E-state index contributed by atoms with van der Waals surface area (Å²) in [5.41, 5.74) is 3.43. The second kappa shape index (κ2) is 38.1. The molecule has 1 fully saturated rings. The van der Waals surface area contributed by atoms with E-state index in [1.54, 1.807) is 66.8 Å². The molecule has 3 aliphatic rings. The summed E-state index contributed by atoms with van der Waals surface area (Å²) in [6.07, 6.45) is 8.19. The minimum atomic E-state index is -4.58. The summed E-state index contributed by atoms with van der Waals surface area (Å²) >= 11 is 0.861. The van der Waals surface area contributed by atoms with Crippen LogP contribution in [-0.2, 0) is 66.1 Å². The van der Waals surface area contributed by atoms with Crippen LogP contribution in [0.2, 0.25) is 0 Å². The Bertz CT molecular complexity index is 3930. The number of carbonyl (C=O) groups excluding carboxylic acids is 6. The number of aromatic amines is 1. The topological polar surface area (TPSA) is 363 Å². The van der Waals surface area contributed by atoms with Crippen molar-refractivity contribution in [2.75, 3.05) is 107 Å². The molecule has 30 nitrogen and oxygen atoms in total. The van der Waals surface area contributed by atoms with Crippen LogP contribution >= 0.6 is 12.0 Å². The fourth-order valence-electron chi connectivity index (χ4n) is 12.2. The van der Waals surface area contributed by atoms with Gasteiger partial charge >= 0.3 is 13.1 Å². The highest BCUT2D eigenvalue weighted by Crippen LogP contribution is 2.41. The van der Waals surface area contributed by atoms with Crippen LogP contribution in [0.5, 0.6) is 11.5 Å². The SMILES string of the molecule is Cc1ccc(C2=[N+]3C(=Cc4c(CCCS(=O)(=O)O)cc(/C=C/c5ccc(OCCCC(=O)NC(CCCC[N+](C)(C)C)C(=O)NC(CCCC[N+](C)(C)C)C(=O)NCC[NH+](C)CCOc6cc([N+](=O)[O-])c(C(C)OC(=O)ON7C(=O)CCC7=O)cc6CO)cc5)n4[B-]3(F)F)C(CCCSOOO)=C2)[nH]1. The Morgan fingerprint density at radius 3 is 2.13 bits per heavy atom. The van der Waals surface area contributed by atoms with Crippen LogP contribution in [-0.4, -0.2) is 223 Å². The van der Waals surface area contributed by atoms with E-state index >= 15 is 8.63 Å². The first kappa shape index (κ1) is 82.9. The molecule has 5 heterocycles. The maximum absolute atomic E-state index is 17.6. The average molecular weight is 1500 g/mol. The molecule has 0 saturated carbocycles. The average Bonchev–Trinajstić information content (AvgIpc) is 1.54. The van der Waals surface area contributed by atoms with Gasteiger partial charge in [0, 0.05) is 77.4 Å². The summed E-state index contributed by atoms with van der Waals surface area (Å²) < 4.78 is 93.2. The van der Waals surface area contributed by atoms with E-state index in [0.717, 1.165) is 63.6 Å². The third-order valence-electron chi connectivity index (χ3n) is 17.6. The van der Waals surface area contributed by atoms with Gasteiger partial charge in [-0.1, -0.05) is 28.3 Å². The Balaban J connectivity index is 0.950. The second-order valence-electron chi connectivity index (χ2n) is 28.2.